The summed E-state index contributed by atoms with van der Waals surface area (Å²) in [6.07, 6.45) is 4.98. The molecule has 0 aromatic heterocycles. The van der Waals surface area contributed by atoms with E-state index in [4.69, 9.17) is 0 Å². The molecule has 0 bridgehead atoms. The average molecular weight is 368 g/mol. The van der Waals surface area contributed by atoms with E-state index in [0.717, 1.165) is 5.56 Å². The van der Waals surface area contributed by atoms with Crippen LogP contribution in [-0.4, -0.2) is 29.1 Å². The van der Waals surface area contributed by atoms with Crippen LogP contribution in [0.2, 0.25) is 0 Å². The van der Waals surface area contributed by atoms with Gasteiger partial charge in [-0.3, -0.25) is 9.59 Å². The highest BCUT2D eigenvalue weighted by Crippen LogP contribution is 2.24. The normalized spacial score (nSPS) is 14.8. The monoisotopic (exact) mass is 368 g/mol. The molecule has 0 heterocycles. The number of nitrogens with one attached hydrogen (secondary N) is 2. The molecule has 1 aliphatic rings. The fourth-order valence-electron chi connectivity index (χ4n) is 3.02. The van der Waals surface area contributed by atoms with Gasteiger partial charge in [-0.25, -0.2) is 4.39 Å². The number of aliphatic hydroxyl groups is 1. The number of halogens is 1. The SMILES string of the molecule is Cc1ccc(C(=O)NC2(CO)CC=CC2)cc1NC(=O)c1ccccc1F. The predicted octanol–water partition coefficient (Wildman–Crippen LogP) is 3.20. The van der Waals surface area contributed by atoms with Crippen molar-refractivity contribution in [1.29, 1.82) is 0 Å². The number of aryl methyl sites for hydroxylation is 1. The van der Waals surface area contributed by atoms with Crippen molar-refractivity contribution in [2.24, 2.45) is 0 Å². The molecule has 5 nitrogen and oxygen atoms in total. The number of anilines is 1. The van der Waals surface area contributed by atoms with E-state index < -0.39 is 17.3 Å². The highest BCUT2D eigenvalue weighted by Gasteiger charge is 2.32. The zero-order valence-electron chi connectivity index (χ0n) is 15.0. The fraction of sp³-hybridized carbons (Fsp3) is 0.238. The maximum atomic E-state index is 13.8. The largest absolute Gasteiger partial charge is 0.394 e. The summed E-state index contributed by atoms with van der Waals surface area (Å²) in [5.41, 5.74) is 0.778. The first-order valence-corrected chi connectivity index (χ1v) is 8.69. The second-order valence-corrected chi connectivity index (χ2v) is 6.74. The lowest BCUT2D eigenvalue weighted by Crippen LogP contribution is -2.49. The van der Waals surface area contributed by atoms with Crippen molar-refractivity contribution in [3.8, 4) is 0 Å². The van der Waals surface area contributed by atoms with Gasteiger partial charge in [0.05, 0.1) is 17.7 Å². The van der Waals surface area contributed by atoms with E-state index in [1.807, 2.05) is 12.2 Å². The van der Waals surface area contributed by atoms with E-state index in [1.54, 1.807) is 31.2 Å². The molecule has 0 saturated carbocycles. The molecule has 0 fully saturated rings. The van der Waals surface area contributed by atoms with E-state index in [-0.39, 0.29) is 18.1 Å². The number of carbonyl (C=O) groups excluding carboxylic acids is 2. The van der Waals surface area contributed by atoms with Crippen molar-refractivity contribution in [2.75, 3.05) is 11.9 Å². The van der Waals surface area contributed by atoms with Crippen LogP contribution in [0.15, 0.2) is 54.6 Å². The Kier molecular flexibility index (Phi) is 5.37. The van der Waals surface area contributed by atoms with E-state index >= 15 is 0 Å². The van der Waals surface area contributed by atoms with Crippen LogP contribution in [0, 0.1) is 12.7 Å². The minimum atomic E-state index is -0.682. The summed E-state index contributed by atoms with van der Waals surface area (Å²) in [4.78, 5) is 25.0. The quantitative estimate of drug-likeness (QED) is 0.709. The van der Waals surface area contributed by atoms with Gasteiger partial charge in [0.1, 0.15) is 5.82 Å². The van der Waals surface area contributed by atoms with Gasteiger partial charge in [-0.2, -0.15) is 0 Å². The average Bonchev–Trinajstić information content (AvgIpc) is 3.12. The Hall–Kier alpha value is -2.99. The summed E-state index contributed by atoms with van der Waals surface area (Å²) in [6.45, 7) is 1.63. The van der Waals surface area contributed by atoms with Crippen LogP contribution in [0.5, 0.6) is 0 Å². The Labute approximate surface area is 156 Å². The molecule has 6 heteroatoms. The van der Waals surface area contributed by atoms with Crippen LogP contribution in [0.4, 0.5) is 10.1 Å². The number of hydrogen-bond donors (Lipinski definition) is 3. The lowest BCUT2D eigenvalue weighted by atomic mass is 9.97. The third kappa shape index (κ3) is 4.06. The molecule has 0 atom stereocenters. The molecule has 140 valence electrons. The van der Waals surface area contributed by atoms with Crippen molar-refractivity contribution in [2.45, 2.75) is 25.3 Å². The van der Waals surface area contributed by atoms with E-state index in [1.165, 1.54) is 18.2 Å². The first kappa shape index (κ1) is 18.8. The van der Waals surface area contributed by atoms with Crippen LogP contribution in [0.25, 0.3) is 0 Å². The molecule has 1 aliphatic carbocycles. The van der Waals surface area contributed by atoms with Crippen molar-refractivity contribution in [3.05, 3.63) is 77.1 Å². The first-order chi connectivity index (χ1) is 12.9. The number of benzene rings is 2. The molecule has 0 spiro atoms. The molecule has 2 amide bonds. The Morgan fingerprint density at radius 2 is 1.81 bits per heavy atom. The van der Waals surface area contributed by atoms with Crippen LogP contribution in [0.1, 0.15) is 39.1 Å². The third-order valence-electron chi connectivity index (χ3n) is 4.73. The highest BCUT2D eigenvalue weighted by molar-refractivity contribution is 6.05. The maximum absolute atomic E-state index is 13.8. The Morgan fingerprint density at radius 3 is 2.48 bits per heavy atom. The standard InChI is InChI=1S/C21H21FN2O3/c1-14-8-9-15(19(26)24-21(13-25)10-4-5-11-21)12-18(14)23-20(27)16-6-2-3-7-17(16)22/h2-9,12,25H,10-11,13H2,1H3,(H,23,27)(H,24,26). The van der Waals surface area contributed by atoms with Crippen LogP contribution in [0.3, 0.4) is 0 Å². The van der Waals surface area contributed by atoms with Gasteiger partial charge in [0.25, 0.3) is 11.8 Å². The second-order valence-electron chi connectivity index (χ2n) is 6.74. The van der Waals surface area contributed by atoms with E-state index in [2.05, 4.69) is 10.6 Å². The molecular weight excluding hydrogens is 347 g/mol. The summed E-state index contributed by atoms with van der Waals surface area (Å²) < 4.78 is 13.8. The Morgan fingerprint density at radius 1 is 1.11 bits per heavy atom. The molecule has 0 saturated heterocycles. The molecule has 3 N–H and O–H groups in total. The predicted molar refractivity (Wildman–Crippen MR) is 101 cm³/mol. The first-order valence-electron chi connectivity index (χ1n) is 8.69. The van der Waals surface area contributed by atoms with Crippen molar-refractivity contribution < 1.29 is 19.1 Å². The molecule has 2 aromatic carbocycles. The van der Waals surface area contributed by atoms with Gasteiger partial charge in [-0.15, -0.1) is 0 Å². The van der Waals surface area contributed by atoms with Gasteiger partial charge in [0.15, 0.2) is 0 Å². The van der Waals surface area contributed by atoms with Gasteiger partial charge < -0.3 is 15.7 Å². The number of carbonyl (C=O) groups is 2. The lowest BCUT2D eigenvalue weighted by Gasteiger charge is -2.28. The number of aliphatic hydroxyl groups excluding tert-OH is 1. The summed E-state index contributed by atoms with van der Waals surface area (Å²) >= 11 is 0. The minimum Gasteiger partial charge on any atom is -0.394 e. The fourth-order valence-corrected chi connectivity index (χ4v) is 3.02. The molecular formula is C21H21FN2O3. The maximum Gasteiger partial charge on any atom is 0.258 e. The van der Waals surface area contributed by atoms with E-state index in [0.29, 0.717) is 24.1 Å². The van der Waals surface area contributed by atoms with Crippen molar-refractivity contribution in [3.63, 3.8) is 0 Å². The zero-order valence-corrected chi connectivity index (χ0v) is 15.0. The van der Waals surface area contributed by atoms with Gasteiger partial charge in [0, 0.05) is 11.3 Å². The van der Waals surface area contributed by atoms with Gasteiger partial charge in [0.2, 0.25) is 0 Å². The molecule has 0 radical (unpaired) electrons. The Bertz CT molecular complexity index is 900. The lowest BCUT2D eigenvalue weighted by molar-refractivity contribution is 0.0845. The zero-order chi connectivity index (χ0) is 19.4. The molecule has 3 rings (SSSR count). The van der Waals surface area contributed by atoms with Crippen LogP contribution < -0.4 is 10.6 Å². The van der Waals surface area contributed by atoms with Crippen molar-refractivity contribution >= 4 is 17.5 Å². The van der Waals surface area contributed by atoms with Crippen LogP contribution >= 0.6 is 0 Å². The number of amides is 2. The number of hydrogen-bond acceptors (Lipinski definition) is 3. The van der Waals surface area contributed by atoms with Gasteiger partial charge in [-0.1, -0.05) is 30.4 Å². The molecule has 2 aromatic rings. The summed E-state index contributed by atoms with van der Waals surface area (Å²) in [5, 5.41) is 15.2. The van der Waals surface area contributed by atoms with Crippen LogP contribution in [-0.2, 0) is 0 Å². The number of rotatable bonds is 5. The summed E-state index contributed by atoms with van der Waals surface area (Å²) in [6, 6.07) is 10.6. The summed E-state index contributed by atoms with van der Waals surface area (Å²) in [7, 11) is 0. The van der Waals surface area contributed by atoms with Gasteiger partial charge in [-0.05, 0) is 49.6 Å². The third-order valence-corrected chi connectivity index (χ3v) is 4.73. The summed E-state index contributed by atoms with van der Waals surface area (Å²) in [5.74, 6) is -1.53. The smallest absolute Gasteiger partial charge is 0.258 e. The van der Waals surface area contributed by atoms with E-state index in [9.17, 15) is 19.1 Å². The molecule has 0 aliphatic heterocycles. The minimum absolute atomic E-state index is 0.0666. The molecule has 0 unspecified atom stereocenters. The topological polar surface area (TPSA) is 78.4 Å². The highest BCUT2D eigenvalue weighted by atomic mass is 19.1. The van der Waals surface area contributed by atoms with Crippen molar-refractivity contribution in [1.82, 2.24) is 5.32 Å². The van der Waals surface area contributed by atoms with Gasteiger partial charge >= 0.3 is 0 Å². The second kappa shape index (κ2) is 7.72. The Balaban J connectivity index is 1.79. The molecule has 27 heavy (non-hydrogen) atoms.